The zero-order valence-electron chi connectivity index (χ0n) is 28.3. The van der Waals surface area contributed by atoms with Gasteiger partial charge in [-0.1, -0.05) is 75.7 Å². The Labute approximate surface area is 281 Å². The summed E-state index contributed by atoms with van der Waals surface area (Å²) in [4.78, 5) is 25.3. The molecule has 248 valence electrons. The minimum atomic E-state index is -0.183. The van der Waals surface area contributed by atoms with E-state index in [1.54, 1.807) is 50.6 Å². The van der Waals surface area contributed by atoms with Crippen LogP contribution in [0.15, 0.2) is 84.3 Å². The van der Waals surface area contributed by atoms with E-state index in [4.69, 9.17) is 28.4 Å². The van der Waals surface area contributed by atoms with Crippen molar-refractivity contribution in [2.45, 2.75) is 39.5 Å². The van der Waals surface area contributed by atoms with Gasteiger partial charge in [0.2, 0.25) is 11.6 Å². The van der Waals surface area contributed by atoms with Crippen LogP contribution in [0.3, 0.4) is 0 Å². The summed E-state index contributed by atoms with van der Waals surface area (Å²) in [6.07, 6.45) is 5.66. The predicted octanol–water partition coefficient (Wildman–Crippen LogP) is 8.72. The van der Waals surface area contributed by atoms with Gasteiger partial charge < -0.3 is 28.4 Å². The number of ketones is 2. The number of hydrogen-bond acceptors (Lipinski definition) is 8. The highest BCUT2D eigenvalue weighted by Crippen LogP contribution is 2.42. The van der Waals surface area contributed by atoms with Crippen LogP contribution < -0.4 is 28.4 Å². The molecule has 0 unspecified atom stereocenters. The van der Waals surface area contributed by atoms with Crippen LogP contribution in [-0.2, 0) is 6.42 Å². The monoisotopic (exact) mass is 648 g/mol. The van der Waals surface area contributed by atoms with Crippen LogP contribution in [0.2, 0.25) is 0 Å². The molecular weight excluding hydrogens is 608 g/mol. The summed E-state index contributed by atoms with van der Waals surface area (Å²) in [6, 6.07) is 23.0. The summed E-state index contributed by atoms with van der Waals surface area (Å²) in [7, 11) is 6.17. The molecule has 0 aliphatic carbocycles. The molecule has 0 amide bonds. The maximum atomic E-state index is 12.6. The van der Waals surface area contributed by atoms with Gasteiger partial charge in [0.15, 0.2) is 11.5 Å². The second-order valence-electron chi connectivity index (χ2n) is 11.6. The van der Waals surface area contributed by atoms with Gasteiger partial charge in [-0.05, 0) is 46.7 Å². The maximum Gasteiger partial charge on any atom is 0.235 e. The minimum absolute atomic E-state index is 0.179. The molecule has 8 heteroatoms. The summed E-state index contributed by atoms with van der Waals surface area (Å²) in [5.41, 5.74) is 5.26. The standard InChI is InChI=1S/2C20H20O4/c1-12(2)14-7-5-13(6-8-14)9-18-20(21)19-16(23-4)10-15(22-3)11-17(19)24-18;1-4-5-13-6-8-14(9-7-13)10-18-20(21)19-16(23-3)11-15(22-2)12-17(19)24-18/h5-12H,1-4H3;6-12H,4-5H2,1-3H3/b18-9-;18-10-. The molecule has 0 radical (unpaired) electrons. The van der Waals surface area contributed by atoms with Crippen molar-refractivity contribution in [3.63, 3.8) is 0 Å². The topological polar surface area (TPSA) is 89.5 Å². The van der Waals surface area contributed by atoms with Gasteiger partial charge in [0.1, 0.15) is 45.6 Å². The first-order valence-electron chi connectivity index (χ1n) is 15.8. The van der Waals surface area contributed by atoms with Gasteiger partial charge in [0.25, 0.3) is 0 Å². The number of Topliss-reactive ketones (excluding diaryl/α,β-unsaturated/α-hetero) is 2. The molecule has 48 heavy (non-hydrogen) atoms. The van der Waals surface area contributed by atoms with Gasteiger partial charge in [-0.25, -0.2) is 0 Å². The van der Waals surface area contributed by atoms with Crippen molar-refractivity contribution < 1.29 is 38.0 Å². The molecule has 2 aliphatic heterocycles. The van der Waals surface area contributed by atoms with E-state index in [0.29, 0.717) is 57.3 Å². The fraction of sp³-hybridized carbons (Fsp3) is 0.250. The van der Waals surface area contributed by atoms with Crippen LogP contribution >= 0.6 is 0 Å². The fourth-order valence-electron chi connectivity index (χ4n) is 5.41. The van der Waals surface area contributed by atoms with E-state index in [9.17, 15) is 9.59 Å². The molecule has 0 saturated heterocycles. The van der Waals surface area contributed by atoms with E-state index < -0.39 is 0 Å². The number of ether oxygens (including phenoxy) is 6. The number of rotatable bonds is 9. The molecule has 2 heterocycles. The Balaban J connectivity index is 0.000000188. The third kappa shape index (κ3) is 7.23. The summed E-state index contributed by atoms with van der Waals surface area (Å²) in [6.45, 7) is 6.45. The van der Waals surface area contributed by atoms with Crippen molar-refractivity contribution >= 4 is 23.7 Å². The smallest absolute Gasteiger partial charge is 0.235 e. The molecule has 4 aromatic rings. The summed E-state index contributed by atoms with van der Waals surface area (Å²) in [5, 5.41) is 0. The number of fused-ring (bicyclic) bond motifs is 2. The summed E-state index contributed by atoms with van der Waals surface area (Å²) >= 11 is 0. The Morgan fingerprint density at radius 2 is 1.06 bits per heavy atom. The lowest BCUT2D eigenvalue weighted by molar-refractivity contribution is 0.100. The van der Waals surface area contributed by atoms with Gasteiger partial charge >= 0.3 is 0 Å². The Morgan fingerprint density at radius 1 is 0.625 bits per heavy atom. The van der Waals surface area contributed by atoms with Gasteiger partial charge in [0.05, 0.1) is 28.4 Å². The molecule has 8 nitrogen and oxygen atoms in total. The zero-order valence-corrected chi connectivity index (χ0v) is 28.3. The first kappa shape index (κ1) is 33.9. The average molecular weight is 649 g/mol. The second-order valence-corrected chi connectivity index (χ2v) is 11.6. The third-order valence-corrected chi connectivity index (χ3v) is 8.05. The van der Waals surface area contributed by atoms with Crippen molar-refractivity contribution in [3.05, 3.63) is 118 Å². The first-order valence-corrected chi connectivity index (χ1v) is 15.8. The molecule has 0 atom stereocenters. The van der Waals surface area contributed by atoms with Crippen LogP contribution in [0.4, 0.5) is 0 Å². The van der Waals surface area contributed by atoms with Gasteiger partial charge in [-0.2, -0.15) is 0 Å². The zero-order chi connectivity index (χ0) is 34.4. The van der Waals surface area contributed by atoms with Crippen LogP contribution in [-0.4, -0.2) is 40.0 Å². The van der Waals surface area contributed by atoms with Crippen molar-refractivity contribution in [1.82, 2.24) is 0 Å². The number of carbonyl (C=O) groups excluding carboxylic acids is 2. The van der Waals surface area contributed by atoms with Crippen LogP contribution in [0.25, 0.3) is 12.2 Å². The van der Waals surface area contributed by atoms with Gasteiger partial charge in [-0.15, -0.1) is 0 Å². The number of hydrogen-bond donors (Lipinski definition) is 0. The van der Waals surface area contributed by atoms with Crippen molar-refractivity contribution in [2.75, 3.05) is 28.4 Å². The highest BCUT2D eigenvalue weighted by Gasteiger charge is 2.33. The Kier molecular flexibility index (Phi) is 10.5. The van der Waals surface area contributed by atoms with E-state index in [-0.39, 0.29) is 17.3 Å². The lowest BCUT2D eigenvalue weighted by atomic mass is 10.0. The minimum Gasteiger partial charge on any atom is -0.496 e. The van der Waals surface area contributed by atoms with Crippen molar-refractivity contribution in [3.8, 4) is 34.5 Å². The van der Waals surface area contributed by atoms with Crippen LogP contribution in [0.5, 0.6) is 34.5 Å². The van der Waals surface area contributed by atoms with E-state index in [2.05, 4.69) is 45.0 Å². The molecule has 2 aliphatic rings. The van der Waals surface area contributed by atoms with Crippen LogP contribution in [0, 0.1) is 0 Å². The van der Waals surface area contributed by atoms with Crippen LogP contribution in [0.1, 0.15) is 76.1 Å². The quantitative estimate of drug-likeness (QED) is 0.167. The van der Waals surface area contributed by atoms with Gasteiger partial charge in [0, 0.05) is 24.3 Å². The maximum absolute atomic E-state index is 12.6. The van der Waals surface area contributed by atoms with E-state index in [1.807, 2.05) is 24.3 Å². The number of carbonyl (C=O) groups is 2. The largest absolute Gasteiger partial charge is 0.496 e. The molecule has 0 saturated carbocycles. The normalized spacial score (nSPS) is 14.6. The SMILES string of the molecule is CCCc1ccc(/C=C2\Oc3cc(OC)cc(OC)c3C2=O)cc1.COc1cc(OC)c2c(c1)O/C(=C\c1ccc(C(C)C)cc1)C2=O. The fourth-order valence-corrected chi connectivity index (χ4v) is 5.41. The third-order valence-electron chi connectivity index (χ3n) is 8.05. The molecular formula is C40H40O8. The molecule has 6 rings (SSSR count). The molecule has 0 spiro atoms. The van der Waals surface area contributed by atoms with Gasteiger partial charge in [-0.3, -0.25) is 9.59 Å². The van der Waals surface area contributed by atoms with E-state index >= 15 is 0 Å². The Hall–Kier alpha value is -5.50. The summed E-state index contributed by atoms with van der Waals surface area (Å²) in [5.74, 6) is 3.69. The lowest BCUT2D eigenvalue weighted by Crippen LogP contribution is -2.00. The molecule has 0 aromatic heterocycles. The lowest BCUT2D eigenvalue weighted by Gasteiger charge is -2.07. The van der Waals surface area contributed by atoms with E-state index in [0.717, 1.165) is 24.0 Å². The first-order chi connectivity index (χ1) is 23.2. The highest BCUT2D eigenvalue weighted by atomic mass is 16.5. The molecule has 0 N–H and O–H groups in total. The Bertz CT molecular complexity index is 1870. The highest BCUT2D eigenvalue weighted by molar-refractivity contribution is 6.17. The molecule has 0 bridgehead atoms. The average Bonchev–Trinajstić information content (AvgIpc) is 3.59. The number of allylic oxidation sites excluding steroid dienone is 2. The van der Waals surface area contributed by atoms with E-state index in [1.165, 1.54) is 25.3 Å². The summed E-state index contributed by atoms with van der Waals surface area (Å²) < 4.78 is 32.5. The number of benzene rings is 4. The molecule has 0 fully saturated rings. The number of methoxy groups -OCH3 is 4. The van der Waals surface area contributed by atoms with Crippen molar-refractivity contribution in [2.24, 2.45) is 0 Å². The number of aryl methyl sites for hydroxylation is 1. The Morgan fingerprint density at radius 3 is 1.44 bits per heavy atom. The molecule has 4 aromatic carbocycles. The predicted molar refractivity (Wildman–Crippen MR) is 186 cm³/mol. The van der Waals surface area contributed by atoms with Crippen molar-refractivity contribution in [1.29, 1.82) is 0 Å². The second kappa shape index (κ2) is 14.9.